The molecule has 0 unspecified atom stereocenters. The van der Waals surface area contributed by atoms with Crippen LogP contribution in [0.3, 0.4) is 0 Å². The third-order valence-electron chi connectivity index (χ3n) is 2.86. The fraction of sp³-hybridized carbons (Fsp3) is 0.0667. The number of aromatic nitrogens is 1. The number of rotatable bonds is 4. The number of anilines is 1. The van der Waals surface area contributed by atoms with Gasteiger partial charge in [0.2, 0.25) is 5.91 Å². The molecule has 3 rings (SSSR count). The number of thioether (sulfide) groups is 1. The highest BCUT2D eigenvalue weighted by Crippen LogP contribution is 2.26. The van der Waals surface area contributed by atoms with Crippen LogP contribution in [0.2, 0.25) is 10.0 Å². The van der Waals surface area contributed by atoms with E-state index in [0.717, 1.165) is 11.8 Å². The summed E-state index contributed by atoms with van der Waals surface area (Å²) in [7, 11) is 0. The molecule has 4 nitrogen and oxygen atoms in total. The second kappa shape index (κ2) is 6.78. The van der Waals surface area contributed by atoms with Crippen LogP contribution < -0.4 is 5.32 Å². The van der Waals surface area contributed by atoms with Gasteiger partial charge < -0.3 is 9.73 Å². The standard InChI is InChI=1S/C15H9Cl2FN2O2S/c16-8-1-3-10(18)11(5-8)19-14(21)7-23-15-20-12-6-9(17)2-4-13(12)22-15/h1-6H,7H2,(H,19,21). The molecule has 3 aromatic rings. The number of nitrogens with one attached hydrogen (secondary N) is 1. The number of fused-ring (bicyclic) bond motifs is 1. The number of amides is 1. The summed E-state index contributed by atoms with van der Waals surface area (Å²) in [6.45, 7) is 0. The monoisotopic (exact) mass is 370 g/mol. The van der Waals surface area contributed by atoms with Crippen molar-refractivity contribution >= 4 is 57.7 Å². The molecular weight excluding hydrogens is 362 g/mol. The molecule has 0 spiro atoms. The maximum Gasteiger partial charge on any atom is 0.257 e. The van der Waals surface area contributed by atoms with Gasteiger partial charge in [-0.15, -0.1) is 0 Å². The van der Waals surface area contributed by atoms with Crippen molar-refractivity contribution in [3.8, 4) is 0 Å². The van der Waals surface area contributed by atoms with Crippen LogP contribution in [0.5, 0.6) is 0 Å². The van der Waals surface area contributed by atoms with Crippen LogP contribution in [0.25, 0.3) is 11.1 Å². The van der Waals surface area contributed by atoms with Crippen molar-refractivity contribution in [2.75, 3.05) is 11.1 Å². The van der Waals surface area contributed by atoms with Crippen LogP contribution in [-0.2, 0) is 4.79 Å². The summed E-state index contributed by atoms with van der Waals surface area (Å²) in [6.07, 6.45) is 0. The van der Waals surface area contributed by atoms with Gasteiger partial charge in [-0.2, -0.15) is 0 Å². The first-order chi connectivity index (χ1) is 11.0. The molecule has 8 heteroatoms. The number of benzene rings is 2. The smallest absolute Gasteiger partial charge is 0.257 e. The quantitative estimate of drug-likeness (QED) is 0.656. The van der Waals surface area contributed by atoms with E-state index >= 15 is 0 Å². The van der Waals surface area contributed by atoms with Crippen molar-refractivity contribution in [2.24, 2.45) is 0 Å². The minimum absolute atomic E-state index is 0.0203. The number of hydrogen-bond donors (Lipinski definition) is 1. The Labute approximate surface area is 145 Å². The molecule has 0 saturated carbocycles. The minimum atomic E-state index is -0.552. The molecule has 1 aromatic heterocycles. The molecule has 0 aliphatic rings. The molecule has 1 N–H and O–H groups in total. The molecule has 0 fully saturated rings. The number of carbonyl (C=O) groups excluding carboxylic acids is 1. The van der Waals surface area contributed by atoms with E-state index in [9.17, 15) is 9.18 Å². The maximum absolute atomic E-state index is 13.5. The van der Waals surface area contributed by atoms with Gasteiger partial charge in [-0.3, -0.25) is 4.79 Å². The zero-order valence-electron chi connectivity index (χ0n) is 11.5. The summed E-state index contributed by atoms with van der Waals surface area (Å²) in [5.74, 6) is -0.923. The van der Waals surface area contributed by atoms with E-state index in [1.165, 1.54) is 18.2 Å². The van der Waals surface area contributed by atoms with Gasteiger partial charge in [0.15, 0.2) is 5.58 Å². The van der Waals surface area contributed by atoms with Crippen LogP contribution in [-0.4, -0.2) is 16.6 Å². The molecule has 0 aliphatic carbocycles. The maximum atomic E-state index is 13.5. The normalized spacial score (nSPS) is 10.9. The summed E-state index contributed by atoms with van der Waals surface area (Å²) >= 11 is 12.7. The van der Waals surface area contributed by atoms with Crippen molar-refractivity contribution in [1.29, 1.82) is 0 Å². The Hall–Kier alpha value is -1.76. The van der Waals surface area contributed by atoms with Gasteiger partial charge in [-0.1, -0.05) is 35.0 Å². The predicted molar refractivity (Wildman–Crippen MR) is 89.8 cm³/mol. The third kappa shape index (κ3) is 3.96. The summed E-state index contributed by atoms with van der Waals surface area (Å²) in [6, 6.07) is 9.02. The zero-order chi connectivity index (χ0) is 16.4. The van der Waals surface area contributed by atoms with Gasteiger partial charge >= 0.3 is 0 Å². The highest BCUT2D eigenvalue weighted by molar-refractivity contribution is 7.99. The number of halogens is 3. The highest BCUT2D eigenvalue weighted by Gasteiger charge is 2.12. The molecule has 1 amide bonds. The summed E-state index contributed by atoms with van der Waals surface area (Å²) in [4.78, 5) is 16.1. The lowest BCUT2D eigenvalue weighted by atomic mass is 10.3. The van der Waals surface area contributed by atoms with Crippen molar-refractivity contribution in [1.82, 2.24) is 4.98 Å². The topological polar surface area (TPSA) is 55.1 Å². The first kappa shape index (κ1) is 16.1. The molecule has 23 heavy (non-hydrogen) atoms. The van der Waals surface area contributed by atoms with E-state index in [2.05, 4.69) is 10.3 Å². The fourth-order valence-corrected chi connectivity index (χ4v) is 2.82. The number of hydrogen-bond acceptors (Lipinski definition) is 4. The number of nitrogens with zero attached hydrogens (tertiary/aromatic N) is 1. The Morgan fingerprint density at radius 2 is 1.96 bits per heavy atom. The van der Waals surface area contributed by atoms with Gasteiger partial charge in [-0.05, 0) is 36.4 Å². The molecular formula is C15H9Cl2FN2O2S. The second-order valence-electron chi connectivity index (χ2n) is 4.55. The molecule has 0 radical (unpaired) electrons. The van der Waals surface area contributed by atoms with E-state index < -0.39 is 11.7 Å². The molecule has 1 heterocycles. The van der Waals surface area contributed by atoms with Gasteiger partial charge in [0, 0.05) is 10.0 Å². The predicted octanol–water partition coefficient (Wildman–Crippen LogP) is 5.00. The lowest BCUT2D eigenvalue weighted by Crippen LogP contribution is -2.15. The number of oxazole rings is 1. The first-order valence-electron chi connectivity index (χ1n) is 6.45. The highest BCUT2D eigenvalue weighted by atomic mass is 35.5. The summed E-state index contributed by atoms with van der Waals surface area (Å²) in [5, 5.41) is 3.68. The second-order valence-corrected chi connectivity index (χ2v) is 6.35. The fourth-order valence-electron chi connectivity index (χ4n) is 1.85. The van der Waals surface area contributed by atoms with E-state index in [4.69, 9.17) is 27.6 Å². The van der Waals surface area contributed by atoms with Crippen LogP contribution >= 0.6 is 35.0 Å². The van der Waals surface area contributed by atoms with Crippen LogP contribution in [0.4, 0.5) is 10.1 Å². The SMILES string of the molecule is O=C(CSc1nc2cc(Cl)ccc2o1)Nc1cc(Cl)ccc1F. The van der Waals surface area contributed by atoms with Crippen molar-refractivity contribution in [3.63, 3.8) is 0 Å². The Morgan fingerprint density at radius 3 is 2.78 bits per heavy atom. The van der Waals surface area contributed by atoms with Crippen molar-refractivity contribution in [2.45, 2.75) is 5.22 Å². The summed E-state index contributed by atoms with van der Waals surface area (Å²) < 4.78 is 19.0. The van der Waals surface area contributed by atoms with Crippen molar-refractivity contribution in [3.05, 3.63) is 52.3 Å². The molecule has 0 saturated heterocycles. The third-order valence-corrected chi connectivity index (χ3v) is 4.16. The number of carbonyl (C=O) groups is 1. The summed E-state index contributed by atoms with van der Waals surface area (Å²) in [5.41, 5.74) is 1.23. The average molecular weight is 371 g/mol. The van der Waals surface area contributed by atoms with Crippen molar-refractivity contribution < 1.29 is 13.6 Å². The molecule has 2 aromatic carbocycles. The minimum Gasteiger partial charge on any atom is -0.431 e. The van der Waals surface area contributed by atoms with E-state index in [-0.39, 0.29) is 11.4 Å². The first-order valence-corrected chi connectivity index (χ1v) is 8.19. The van der Waals surface area contributed by atoms with Crippen LogP contribution in [0, 0.1) is 5.82 Å². The Bertz CT molecular complexity index is 885. The Balaban J connectivity index is 1.64. The molecule has 118 valence electrons. The van der Waals surface area contributed by atoms with E-state index in [1.54, 1.807) is 18.2 Å². The molecule has 0 aliphatic heterocycles. The van der Waals surface area contributed by atoms with E-state index in [0.29, 0.717) is 26.4 Å². The Morgan fingerprint density at radius 1 is 1.22 bits per heavy atom. The van der Waals surface area contributed by atoms with Gasteiger partial charge in [0.25, 0.3) is 5.22 Å². The zero-order valence-corrected chi connectivity index (χ0v) is 13.8. The lowest BCUT2D eigenvalue weighted by molar-refractivity contribution is -0.113. The lowest BCUT2D eigenvalue weighted by Gasteiger charge is -2.05. The van der Waals surface area contributed by atoms with Crippen LogP contribution in [0.15, 0.2) is 46.0 Å². The van der Waals surface area contributed by atoms with E-state index in [1.807, 2.05) is 0 Å². The molecule has 0 atom stereocenters. The van der Waals surface area contributed by atoms with Crippen LogP contribution in [0.1, 0.15) is 0 Å². The largest absolute Gasteiger partial charge is 0.431 e. The van der Waals surface area contributed by atoms with Gasteiger partial charge in [-0.25, -0.2) is 9.37 Å². The Kier molecular flexibility index (Phi) is 4.75. The molecule has 0 bridgehead atoms. The average Bonchev–Trinajstić information content (AvgIpc) is 2.91. The van der Waals surface area contributed by atoms with Gasteiger partial charge in [0.05, 0.1) is 11.4 Å². The van der Waals surface area contributed by atoms with Gasteiger partial charge in [0.1, 0.15) is 11.3 Å².